The summed E-state index contributed by atoms with van der Waals surface area (Å²) < 4.78 is 1.78. The van der Waals surface area contributed by atoms with E-state index in [0.29, 0.717) is 15.9 Å². The van der Waals surface area contributed by atoms with Gasteiger partial charge in [-0.25, -0.2) is 4.79 Å². The van der Waals surface area contributed by atoms with Crippen molar-refractivity contribution in [3.63, 3.8) is 0 Å². The van der Waals surface area contributed by atoms with Gasteiger partial charge in [-0.2, -0.15) is 0 Å². The van der Waals surface area contributed by atoms with E-state index in [1.54, 1.807) is 10.9 Å². The van der Waals surface area contributed by atoms with Crippen molar-refractivity contribution in [1.29, 1.82) is 0 Å². The molecule has 9 heteroatoms. The first-order chi connectivity index (χ1) is 10.5. The Morgan fingerprint density at radius 1 is 1.45 bits per heavy atom. The van der Waals surface area contributed by atoms with Crippen molar-refractivity contribution in [3.8, 4) is 5.69 Å². The Labute approximate surface area is 136 Å². The Morgan fingerprint density at radius 2 is 2.23 bits per heavy atom. The quantitative estimate of drug-likeness (QED) is 0.810. The molecule has 7 nitrogen and oxygen atoms in total. The first-order valence-electron chi connectivity index (χ1n) is 6.36. The minimum atomic E-state index is -0.854. The number of nitrogens with zero attached hydrogens (tertiary/aromatic N) is 3. The Kier molecular flexibility index (Phi) is 5.40. The molecule has 22 heavy (non-hydrogen) atoms. The normalized spacial score (nSPS) is 10.5. The lowest BCUT2D eigenvalue weighted by Gasteiger charge is -2.07. The summed E-state index contributed by atoms with van der Waals surface area (Å²) in [6, 6.07) is 4.79. The van der Waals surface area contributed by atoms with Crippen molar-refractivity contribution >= 4 is 35.3 Å². The summed E-state index contributed by atoms with van der Waals surface area (Å²) in [5.74, 6) is 0.0154. The predicted molar refractivity (Wildman–Crippen MR) is 84.2 cm³/mol. The third-order valence-electron chi connectivity index (χ3n) is 2.77. The molecule has 2 rings (SSSR count). The monoisotopic (exact) mass is 339 g/mol. The molecule has 0 radical (unpaired) electrons. The van der Waals surface area contributed by atoms with Crippen LogP contribution in [0.3, 0.4) is 0 Å². The van der Waals surface area contributed by atoms with Crippen LogP contribution in [0.15, 0.2) is 29.7 Å². The van der Waals surface area contributed by atoms with Gasteiger partial charge in [0.25, 0.3) is 0 Å². The summed E-state index contributed by atoms with van der Waals surface area (Å²) in [6.07, 6.45) is 1.72. The van der Waals surface area contributed by atoms with E-state index in [1.165, 1.54) is 11.8 Å². The molecule has 1 heterocycles. The van der Waals surface area contributed by atoms with Gasteiger partial charge < -0.3 is 5.73 Å². The van der Waals surface area contributed by atoms with Crippen LogP contribution in [0.2, 0.25) is 5.02 Å². The van der Waals surface area contributed by atoms with Crippen molar-refractivity contribution in [3.05, 3.63) is 35.1 Å². The molecule has 0 saturated heterocycles. The molecule has 2 aromatic rings. The molecule has 0 aliphatic heterocycles. The third-order valence-corrected chi connectivity index (χ3v) is 4.12. The van der Waals surface area contributed by atoms with E-state index in [-0.39, 0.29) is 6.42 Å². The molecular formula is C13H14ClN5O2S. The van der Waals surface area contributed by atoms with Crippen LogP contribution in [0.25, 0.3) is 5.69 Å². The van der Waals surface area contributed by atoms with Gasteiger partial charge >= 0.3 is 6.03 Å². The number of aromatic nitrogens is 3. The molecule has 0 unspecified atom stereocenters. The van der Waals surface area contributed by atoms with Crippen LogP contribution in [0.1, 0.15) is 12.0 Å². The molecule has 0 atom stereocenters. The fourth-order valence-corrected chi connectivity index (χ4v) is 2.71. The number of imide groups is 1. The fraction of sp³-hybridized carbons (Fsp3) is 0.231. The van der Waals surface area contributed by atoms with Crippen LogP contribution in [0, 0.1) is 6.92 Å². The minimum Gasteiger partial charge on any atom is -0.351 e. The number of amides is 3. The number of halogens is 1. The molecule has 0 bridgehead atoms. The Morgan fingerprint density at radius 3 is 2.91 bits per heavy atom. The summed E-state index contributed by atoms with van der Waals surface area (Å²) in [5, 5.41) is 11.2. The van der Waals surface area contributed by atoms with Crippen LogP contribution in [0.5, 0.6) is 0 Å². The second-order valence-electron chi connectivity index (χ2n) is 4.43. The third kappa shape index (κ3) is 4.22. The van der Waals surface area contributed by atoms with E-state index in [9.17, 15) is 9.59 Å². The van der Waals surface area contributed by atoms with Crippen molar-refractivity contribution in [2.24, 2.45) is 5.73 Å². The fourth-order valence-electron chi connectivity index (χ4n) is 1.67. The minimum absolute atomic E-state index is 0.148. The summed E-state index contributed by atoms with van der Waals surface area (Å²) in [4.78, 5) is 21.9. The topological polar surface area (TPSA) is 103 Å². The maximum atomic E-state index is 11.3. The van der Waals surface area contributed by atoms with Crippen molar-refractivity contribution in [2.75, 3.05) is 5.75 Å². The van der Waals surface area contributed by atoms with Crippen molar-refractivity contribution < 1.29 is 9.59 Å². The lowest BCUT2D eigenvalue weighted by molar-refractivity contribution is -0.119. The second-order valence-corrected chi connectivity index (χ2v) is 5.90. The molecule has 1 aromatic carbocycles. The maximum absolute atomic E-state index is 11.3. The number of primary amides is 1. The van der Waals surface area contributed by atoms with Gasteiger partial charge in [0, 0.05) is 17.2 Å². The first kappa shape index (κ1) is 16.3. The molecule has 0 aliphatic carbocycles. The lowest BCUT2D eigenvalue weighted by Crippen LogP contribution is -2.35. The number of nitrogens with two attached hydrogens (primary N) is 1. The molecule has 116 valence electrons. The van der Waals surface area contributed by atoms with Crippen LogP contribution < -0.4 is 11.1 Å². The average molecular weight is 340 g/mol. The van der Waals surface area contributed by atoms with E-state index in [0.717, 1.165) is 11.3 Å². The number of hydrogen-bond donors (Lipinski definition) is 2. The predicted octanol–water partition coefficient (Wildman–Crippen LogP) is 1.91. The smallest absolute Gasteiger partial charge is 0.318 e. The molecule has 0 spiro atoms. The standard InChI is InChI=1S/C13H14ClN5O2S/c1-8-2-3-9(6-10(8)14)19-7-16-18-13(19)22-5-4-11(20)17-12(15)21/h2-3,6-7H,4-5H2,1H3,(H3,15,17,20,21). The average Bonchev–Trinajstić information content (AvgIpc) is 2.89. The highest BCUT2D eigenvalue weighted by Gasteiger charge is 2.10. The number of hydrogen-bond acceptors (Lipinski definition) is 5. The van der Waals surface area contributed by atoms with Gasteiger partial charge in [-0.1, -0.05) is 29.4 Å². The lowest BCUT2D eigenvalue weighted by atomic mass is 10.2. The summed E-state index contributed by atoms with van der Waals surface area (Å²) in [5.41, 5.74) is 6.69. The van der Waals surface area contributed by atoms with Gasteiger partial charge in [-0.05, 0) is 24.6 Å². The van der Waals surface area contributed by atoms with Gasteiger partial charge in [0.1, 0.15) is 6.33 Å². The van der Waals surface area contributed by atoms with E-state index >= 15 is 0 Å². The number of carbonyl (C=O) groups is 2. The Bertz CT molecular complexity index is 703. The number of nitrogens with one attached hydrogen (secondary N) is 1. The second kappa shape index (κ2) is 7.28. The SMILES string of the molecule is Cc1ccc(-n2cnnc2SCCC(=O)NC(N)=O)cc1Cl. The van der Waals surface area contributed by atoms with E-state index < -0.39 is 11.9 Å². The number of benzene rings is 1. The van der Waals surface area contributed by atoms with Crippen molar-refractivity contribution in [2.45, 2.75) is 18.5 Å². The molecule has 1 aromatic heterocycles. The largest absolute Gasteiger partial charge is 0.351 e. The zero-order valence-electron chi connectivity index (χ0n) is 11.7. The molecule has 3 amide bonds. The van der Waals surface area contributed by atoms with Gasteiger partial charge in [0.2, 0.25) is 5.91 Å². The van der Waals surface area contributed by atoms with Crippen LogP contribution >= 0.6 is 23.4 Å². The maximum Gasteiger partial charge on any atom is 0.318 e. The summed E-state index contributed by atoms with van der Waals surface area (Å²) >= 11 is 7.47. The van der Waals surface area contributed by atoms with Crippen LogP contribution in [-0.2, 0) is 4.79 Å². The number of rotatable bonds is 5. The van der Waals surface area contributed by atoms with Crippen LogP contribution in [0.4, 0.5) is 4.79 Å². The van der Waals surface area contributed by atoms with Crippen LogP contribution in [-0.4, -0.2) is 32.5 Å². The number of aryl methyl sites for hydroxylation is 1. The zero-order valence-corrected chi connectivity index (χ0v) is 13.3. The molecule has 0 fully saturated rings. The van der Waals surface area contributed by atoms with E-state index in [4.69, 9.17) is 17.3 Å². The number of urea groups is 1. The van der Waals surface area contributed by atoms with E-state index in [1.807, 2.05) is 30.4 Å². The van der Waals surface area contributed by atoms with Crippen molar-refractivity contribution in [1.82, 2.24) is 20.1 Å². The Balaban J connectivity index is 2.02. The number of carbonyl (C=O) groups excluding carboxylic acids is 2. The van der Waals surface area contributed by atoms with Gasteiger partial charge in [-0.15, -0.1) is 10.2 Å². The molecule has 0 saturated carbocycles. The highest BCUT2D eigenvalue weighted by molar-refractivity contribution is 7.99. The zero-order chi connectivity index (χ0) is 16.1. The van der Waals surface area contributed by atoms with Gasteiger partial charge in [0.15, 0.2) is 5.16 Å². The molecule has 3 N–H and O–H groups in total. The molecular weight excluding hydrogens is 326 g/mol. The van der Waals surface area contributed by atoms with Gasteiger partial charge in [-0.3, -0.25) is 14.7 Å². The first-order valence-corrected chi connectivity index (χ1v) is 7.72. The highest BCUT2D eigenvalue weighted by Crippen LogP contribution is 2.24. The summed E-state index contributed by atoms with van der Waals surface area (Å²) in [6.45, 7) is 1.92. The number of thioether (sulfide) groups is 1. The van der Waals surface area contributed by atoms with Gasteiger partial charge in [0.05, 0.1) is 5.69 Å². The van der Waals surface area contributed by atoms with E-state index in [2.05, 4.69) is 10.2 Å². The summed E-state index contributed by atoms with van der Waals surface area (Å²) in [7, 11) is 0. The molecule has 0 aliphatic rings. The Hall–Kier alpha value is -2.06. The highest BCUT2D eigenvalue weighted by atomic mass is 35.5.